The molecule has 2 rings (SSSR count). The summed E-state index contributed by atoms with van der Waals surface area (Å²) in [6.45, 7) is 2.73. The quantitative estimate of drug-likeness (QED) is 0.629. The Morgan fingerprint density at radius 3 is 2.39 bits per heavy atom. The van der Waals surface area contributed by atoms with Crippen molar-refractivity contribution < 1.29 is 9.47 Å². The average molecular weight is 312 g/mol. The lowest BCUT2D eigenvalue weighted by Crippen LogP contribution is -2.20. The topological polar surface area (TPSA) is 56.8 Å². The number of nitrogens with zero attached hydrogens (tertiary/aromatic N) is 1. The third-order valence-electron chi connectivity index (χ3n) is 3.89. The lowest BCUT2D eigenvalue weighted by molar-refractivity contribution is 0.354. The molecule has 2 aromatic carbocycles. The number of rotatable bonds is 7. The van der Waals surface area contributed by atoms with Crippen LogP contribution in [-0.4, -0.2) is 26.6 Å². The van der Waals surface area contributed by atoms with Crippen LogP contribution in [0.2, 0.25) is 0 Å². The molecule has 2 aromatic rings. The summed E-state index contributed by atoms with van der Waals surface area (Å²) in [6.07, 6.45) is 0.808. The molecule has 2 N–H and O–H groups in total. The van der Waals surface area contributed by atoms with Crippen molar-refractivity contribution in [2.24, 2.45) is 10.7 Å². The Labute approximate surface area is 138 Å². The molecule has 0 radical (unpaired) electrons. The van der Waals surface area contributed by atoms with Gasteiger partial charge in [-0.15, -0.1) is 0 Å². The van der Waals surface area contributed by atoms with Crippen LogP contribution in [0.5, 0.6) is 11.5 Å². The van der Waals surface area contributed by atoms with E-state index in [0.717, 1.165) is 23.5 Å². The van der Waals surface area contributed by atoms with Gasteiger partial charge < -0.3 is 15.2 Å². The smallest absolute Gasteiger partial charge is 0.160 e. The molecule has 23 heavy (non-hydrogen) atoms. The Hall–Kier alpha value is -2.49. The van der Waals surface area contributed by atoms with Gasteiger partial charge in [0.2, 0.25) is 0 Å². The van der Waals surface area contributed by atoms with Gasteiger partial charge in [-0.25, -0.2) is 0 Å². The zero-order valence-electron chi connectivity index (χ0n) is 14.0. The molecule has 0 bridgehead atoms. The minimum Gasteiger partial charge on any atom is -0.493 e. The molecule has 0 saturated heterocycles. The van der Waals surface area contributed by atoms with E-state index in [9.17, 15) is 0 Å². The lowest BCUT2D eigenvalue weighted by atomic mass is 10.0. The third kappa shape index (κ3) is 4.49. The minimum absolute atomic E-state index is 0.126. The van der Waals surface area contributed by atoms with Crippen LogP contribution in [0.25, 0.3) is 0 Å². The Balaban J connectivity index is 1.98. The number of nitrogens with two attached hydrogens (primary N) is 1. The maximum Gasteiger partial charge on any atom is 0.160 e. The summed E-state index contributed by atoms with van der Waals surface area (Å²) in [4.78, 5) is 4.52. The van der Waals surface area contributed by atoms with Crippen molar-refractivity contribution in [2.45, 2.75) is 19.3 Å². The van der Waals surface area contributed by atoms with Gasteiger partial charge in [0.05, 0.1) is 14.2 Å². The van der Waals surface area contributed by atoms with E-state index in [2.05, 4.69) is 24.0 Å². The van der Waals surface area contributed by atoms with Crippen LogP contribution < -0.4 is 15.2 Å². The summed E-state index contributed by atoms with van der Waals surface area (Å²) in [6, 6.07) is 16.1. The van der Waals surface area contributed by atoms with Gasteiger partial charge in [0.25, 0.3) is 0 Å². The second kappa shape index (κ2) is 8.22. The highest BCUT2D eigenvalue weighted by molar-refractivity contribution is 5.87. The number of hydrogen-bond acceptors (Lipinski definition) is 3. The molecule has 0 aliphatic carbocycles. The fourth-order valence-corrected chi connectivity index (χ4v) is 2.40. The van der Waals surface area contributed by atoms with Crippen molar-refractivity contribution in [3.05, 3.63) is 59.7 Å². The largest absolute Gasteiger partial charge is 0.493 e. The molecular weight excluding hydrogens is 288 g/mol. The highest BCUT2D eigenvalue weighted by atomic mass is 16.5. The van der Waals surface area contributed by atoms with Crippen molar-refractivity contribution in [2.75, 3.05) is 20.8 Å². The molecule has 0 aliphatic rings. The highest BCUT2D eigenvalue weighted by Gasteiger charge is 2.09. The summed E-state index contributed by atoms with van der Waals surface area (Å²) in [7, 11) is 3.27. The van der Waals surface area contributed by atoms with Crippen LogP contribution in [0.3, 0.4) is 0 Å². The standard InChI is InChI=1S/C19H24N2O2/c1-14(16-7-5-4-6-8-16)19(20)21-12-11-15-9-10-17(22-2)18(13-15)23-3/h4-10,13-14H,11-12H2,1-3H3,(H2,20,21)/t14-/m0/s1. The van der Waals surface area contributed by atoms with Crippen molar-refractivity contribution in [3.8, 4) is 11.5 Å². The van der Waals surface area contributed by atoms with Gasteiger partial charge in [0.15, 0.2) is 11.5 Å². The summed E-state index contributed by atoms with van der Waals surface area (Å²) in [5, 5.41) is 0. The molecule has 4 nitrogen and oxygen atoms in total. The maximum absolute atomic E-state index is 6.12. The van der Waals surface area contributed by atoms with E-state index >= 15 is 0 Å². The van der Waals surface area contributed by atoms with Crippen LogP contribution in [0.4, 0.5) is 0 Å². The van der Waals surface area contributed by atoms with Crippen LogP contribution in [-0.2, 0) is 6.42 Å². The Morgan fingerprint density at radius 1 is 1.04 bits per heavy atom. The molecular formula is C19H24N2O2. The maximum atomic E-state index is 6.12. The number of amidine groups is 1. The first-order valence-electron chi connectivity index (χ1n) is 7.71. The molecule has 0 unspecified atom stereocenters. The van der Waals surface area contributed by atoms with E-state index in [1.165, 1.54) is 5.56 Å². The minimum atomic E-state index is 0.126. The molecule has 0 saturated carbocycles. The van der Waals surface area contributed by atoms with Gasteiger partial charge in [-0.05, 0) is 29.7 Å². The molecule has 0 amide bonds. The molecule has 122 valence electrons. The van der Waals surface area contributed by atoms with E-state index in [1.807, 2.05) is 36.4 Å². The van der Waals surface area contributed by atoms with Crippen molar-refractivity contribution in [1.29, 1.82) is 0 Å². The number of aliphatic imine (C=N–C) groups is 1. The van der Waals surface area contributed by atoms with Crippen molar-refractivity contribution >= 4 is 5.84 Å². The van der Waals surface area contributed by atoms with E-state index in [0.29, 0.717) is 12.4 Å². The zero-order valence-corrected chi connectivity index (χ0v) is 14.0. The predicted molar refractivity (Wildman–Crippen MR) is 94.6 cm³/mol. The first kappa shape index (κ1) is 16.9. The normalized spacial score (nSPS) is 12.7. The molecule has 0 fully saturated rings. The van der Waals surface area contributed by atoms with Gasteiger partial charge in [0.1, 0.15) is 5.84 Å². The first-order valence-corrected chi connectivity index (χ1v) is 7.71. The van der Waals surface area contributed by atoms with Crippen molar-refractivity contribution in [1.82, 2.24) is 0 Å². The zero-order chi connectivity index (χ0) is 16.7. The molecule has 4 heteroatoms. The monoisotopic (exact) mass is 312 g/mol. The van der Waals surface area contributed by atoms with E-state index in [-0.39, 0.29) is 5.92 Å². The summed E-state index contributed by atoms with van der Waals surface area (Å²) in [5.41, 5.74) is 8.45. The Bertz CT molecular complexity index is 654. The van der Waals surface area contributed by atoms with Gasteiger partial charge in [0, 0.05) is 12.5 Å². The molecule has 1 atom stereocenters. The van der Waals surface area contributed by atoms with E-state index in [1.54, 1.807) is 14.2 Å². The summed E-state index contributed by atoms with van der Waals surface area (Å²) >= 11 is 0. The first-order chi connectivity index (χ1) is 11.2. The third-order valence-corrected chi connectivity index (χ3v) is 3.89. The van der Waals surface area contributed by atoms with Gasteiger partial charge in [-0.3, -0.25) is 4.99 Å². The fourth-order valence-electron chi connectivity index (χ4n) is 2.40. The van der Waals surface area contributed by atoms with E-state index < -0.39 is 0 Å². The van der Waals surface area contributed by atoms with Gasteiger partial charge in [-0.2, -0.15) is 0 Å². The number of ether oxygens (including phenoxy) is 2. The van der Waals surface area contributed by atoms with Crippen LogP contribution in [0, 0.1) is 0 Å². The molecule has 0 aliphatic heterocycles. The fraction of sp³-hybridized carbons (Fsp3) is 0.316. The average Bonchev–Trinajstić information content (AvgIpc) is 2.61. The van der Waals surface area contributed by atoms with Crippen LogP contribution >= 0.6 is 0 Å². The Kier molecular flexibility index (Phi) is 6.03. The van der Waals surface area contributed by atoms with Crippen molar-refractivity contribution in [3.63, 3.8) is 0 Å². The number of hydrogen-bond donors (Lipinski definition) is 1. The molecule has 0 aromatic heterocycles. The Morgan fingerprint density at radius 2 is 1.74 bits per heavy atom. The molecule has 0 spiro atoms. The summed E-state index contributed by atoms with van der Waals surface area (Å²) in [5.74, 6) is 2.26. The van der Waals surface area contributed by atoms with Crippen LogP contribution in [0.1, 0.15) is 24.0 Å². The summed E-state index contributed by atoms with van der Waals surface area (Å²) < 4.78 is 10.6. The van der Waals surface area contributed by atoms with E-state index in [4.69, 9.17) is 15.2 Å². The second-order valence-electron chi connectivity index (χ2n) is 5.38. The molecule has 0 heterocycles. The predicted octanol–water partition coefficient (Wildman–Crippen LogP) is 3.41. The van der Waals surface area contributed by atoms with Gasteiger partial charge in [-0.1, -0.05) is 43.3 Å². The number of benzene rings is 2. The highest BCUT2D eigenvalue weighted by Crippen LogP contribution is 2.27. The second-order valence-corrected chi connectivity index (χ2v) is 5.38. The van der Waals surface area contributed by atoms with Crippen LogP contribution in [0.15, 0.2) is 53.5 Å². The SMILES string of the molecule is COc1ccc(CCN=C(N)[C@@H](C)c2ccccc2)cc1OC. The van der Waals surface area contributed by atoms with Gasteiger partial charge >= 0.3 is 0 Å². The number of methoxy groups -OCH3 is 2. The lowest BCUT2D eigenvalue weighted by Gasteiger charge is -2.12.